The number of aromatic nitrogens is 1. The lowest BCUT2D eigenvalue weighted by Gasteiger charge is -2.07. The standard InChI is InChI=1S/C12H11Cl2N5/c13-8-4-9(14)6-11(5-8)19-3-1-2-10(19)7-17-18-12(15)16/h1-7H,(H4,15,16,18). The maximum Gasteiger partial charge on any atom is 0.206 e. The summed E-state index contributed by atoms with van der Waals surface area (Å²) < 4.78 is 1.86. The van der Waals surface area contributed by atoms with E-state index in [0.717, 1.165) is 11.4 Å². The van der Waals surface area contributed by atoms with Gasteiger partial charge in [0.2, 0.25) is 5.96 Å². The highest BCUT2D eigenvalue weighted by Crippen LogP contribution is 2.22. The van der Waals surface area contributed by atoms with Gasteiger partial charge in [-0.15, -0.1) is 0 Å². The summed E-state index contributed by atoms with van der Waals surface area (Å²) in [4.78, 5) is 0. The number of nitrogens with two attached hydrogens (primary N) is 1. The summed E-state index contributed by atoms with van der Waals surface area (Å²) in [5.74, 6) is -0.222. The van der Waals surface area contributed by atoms with Gasteiger partial charge in [0, 0.05) is 21.9 Å². The molecular weight excluding hydrogens is 285 g/mol. The summed E-state index contributed by atoms with van der Waals surface area (Å²) in [7, 11) is 0. The Bertz CT molecular complexity index is 613. The zero-order valence-electron chi connectivity index (χ0n) is 9.77. The molecule has 5 nitrogen and oxygen atoms in total. The fourth-order valence-electron chi connectivity index (χ4n) is 1.58. The monoisotopic (exact) mass is 295 g/mol. The van der Waals surface area contributed by atoms with Gasteiger partial charge in [0.25, 0.3) is 0 Å². The van der Waals surface area contributed by atoms with Crippen LogP contribution in [0.1, 0.15) is 5.69 Å². The molecule has 0 radical (unpaired) electrons. The van der Waals surface area contributed by atoms with Crippen LogP contribution in [0.2, 0.25) is 10.0 Å². The van der Waals surface area contributed by atoms with E-state index in [2.05, 4.69) is 10.5 Å². The highest BCUT2D eigenvalue weighted by atomic mass is 35.5. The van der Waals surface area contributed by atoms with E-state index in [4.69, 9.17) is 34.3 Å². The quantitative estimate of drug-likeness (QED) is 0.462. The topological polar surface area (TPSA) is 79.2 Å². The maximum atomic E-state index is 7.01. The Hall–Kier alpha value is -1.98. The molecule has 1 aromatic carbocycles. The minimum absolute atomic E-state index is 0.222. The molecule has 0 fully saturated rings. The van der Waals surface area contributed by atoms with Crippen LogP contribution >= 0.6 is 23.2 Å². The second-order valence-electron chi connectivity index (χ2n) is 3.71. The Balaban J connectivity index is 2.33. The molecule has 0 amide bonds. The summed E-state index contributed by atoms with van der Waals surface area (Å²) in [6.45, 7) is 0. The van der Waals surface area contributed by atoms with Crippen molar-refractivity contribution < 1.29 is 0 Å². The lowest BCUT2D eigenvalue weighted by atomic mass is 10.3. The molecule has 4 N–H and O–H groups in total. The first-order chi connectivity index (χ1) is 9.06. The molecule has 0 saturated heterocycles. The molecule has 1 heterocycles. The van der Waals surface area contributed by atoms with Crippen molar-refractivity contribution in [2.75, 3.05) is 0 Å². The Labute approximate surface area is 120 Å². The zero-order valence-corrected chi connectivity index (χ0v) is 11.3. The van der Waals surface area contributed by atoms with Crippen LogP contribution in [0.15, 0.2) is 41.6 Å². The van der Waals surface area contributed by atoms with E-state index < -0.39 is 0 Å². The number of halogens is 2. The average Bonchev–Trinajstić information content (AvgIpc) is 2.75. The van der Waals surface area contributed by atoms with Gasteiger partial charge in [0.15, 0.2) is 0 Å². The summed E-state index contributed by atoms with van der Waals surface area (Å²) in [6, 6.07) is 8.98. The Morgan fingerprint density at radius 1 is 1.32 bits per heavy atom. The van der Waals surface area contributed by atoms with Crippen molar-refractivity contribution in [2.45, 2.75) is 0 Å². The van der Waals surface area contributed by atoms with Crippen molar-refractivity contribution in [3.63, 3.8) is 0 Å². The predicted octanol–water partition coefficient (Wildman–Crippen LogP) is 2.60. The number of nitrogens with zero attached hydrogens (tertiary/aromatic N) is 2. The van der Waals surface area contributed by atoms with E-state index in [1.165, 1.54) is 0 Å². The molecule has 1 aromatic heterocycles. The molecular formula is C12H11Cl2N5. The van der Waals surface area contributed by atoms with Crippen molar-refractivity contribution in [1.82, 2.24) is 9.99 Å². The predicted molar refractivity (Wildman–Crippen MR) is 78.4 cm³/mol. The molecule has 0 atom stereocenters. The number of nitrogens with one attached hydrogen (secondary N) is 2. The zero-order chi connectivity index (χ0) is 13.8. The first-order valence-corrected chi connectivity index (χ1v) is 6.09. The van der Waals surface area contributed by atoms with E-state index in [1.54, 1.807) is 24.4 Å². The molecule has 0 aliphatic carbocycles. The Morgan fingerprint density at radius 3 is 2.63 bits per heavy atom. The van der Waals surface area contributed by atoms with Crippen molar-refractivity contribution in [2.24, 2.45) is 10.8 Å². The first kappa shape index (κ1) is 13.5. The number of hydrogen-bond acceptors (Lipinski definition) is 2. The summed E-state index contributed by atoms with van der Waals surface area (Å²) >= 11 is 12.0. The van der Waals surface area contributed by atoms with Crippen molar-refractivity contribution in [3.8, 4) is 5.69 Å². The fraction of sp³-hybridized carbons (Fsp3) is 0. The third kappa shape index (κ3) is 3.49. The third-order valence-corrected chi connectivity index (χ3v) is 2.72. The molecule has 2 aromatic rings. The van der Waals surface area contributed by atoms with Crippen LogP contribution in [-0.4, -0.2) is 16.7 Å². The minimum atomic E-state index is -0.222. The number of rotatable bonds is 3. The highest BCUT2D eigenvalue weighted by molar-refractivity contribution is 6.34. The van der Waals surface area contributed by atoms with Crippen molar-refractivity contribution in [3.05, 3.63) is 52.3 Å². The van der Waals surface area contributed by atoms with Gasteiger partial charge in [-0.3, -0.25) is 5.41 Å². The van der Waals surface area contributed by atoms with Crippen molar-refractivity contribution >= 4 is 35.4 Å². The molecule has 0 aliphatic rings. The minimum Gasteiger partial charge on any atom is -0.369 e. The van der Waals surface area contributed by atoms with E-state index in [9.17, 15) is 0 Å². The largest absolute Gasteiger partial charge is 0.369 e. The molecule has 19 heavy (non-hydrogen) atoms. The highest BCUT2D eigenvalue weighted by Gasteiger charge is 2.04. The van der Waals surface area contributed by atoms with Crippen LogP contribution in [0.4, 0.5) is 0 Å². The van der Waals surface area contributed by atoms with Crippen LogP contribution in [0.3, 0.4) is 0 Å². The third-order valence-electron chi connectivity index (χ3n) is 2.29. The van der Waals surface area contributed by atoms with Gasteiger partial charge in [-0.2, -0.15) is 5.10 Å². The normalized spacial score (nSPS) is 10.8. The van der Waals surface area contributed by atoms with Gasteiger partial charge in [-0.25, -0.2) is 5.43 Å². The molecule has 0 saturated carbocycles. The van der Waals surface area contributed by atoms with Gasteiger partial charge in [0.05, 0.1) is 11.9 Å². The molecule has 98 valence electrons. The van der Waals surface area contributed by atoms with E-state index in [0.29, 0.717) is 10.0 Å². The summed E-state index contributed by atoms with van der Waals surface area (Å²) in [6.07, 6.45) is 3.41. The van der Waals surface area contributed by atoms with Gasteiger partial charge in [-0.1, -0.05) is 23.2 Å². The fourth-order valence-corrected chi connectivity index (χ4v) is 2.10. The van der Waals surface area contributed by atoms with Crippen molar-refractivity contribution in [1.29, 1.82) is 5.41 Å². The Kier molecular flexibility index (Phi) is 4.09. The Morgan fingerprint density at radius 2 is 2.00 bits per heavy atom. The molecule has 0 unspecified atom stereocenters. The smallest absolute Gasteiger partial charge is 0.206 e. The van der Waals surface area contributed by atoms with Crippen LogP contribution in [-0.2, 0) is 0 Å². The van der Waals surface area contributed by atoms with Gasteiger partial charge >= 0.3 is 0 Å². The lowest BCUT2D eigenvalue weighted by Crippen LogP contribution is -2.25. The molecule has 0 aliphatic heterocycles. The number of hydrogen-bond donors (Lipinski definition) is 3. The molecule has 0 spiro atoms. The number of hydrazone groups is 1. The molecule has 2 rings (SSSR count). The van der Waals surface area contributed by atoms with Crippen LogP contribution < -0.4 is 11.2 Å². The van der Waals surface area contributed by atoms with E-state index in [1.807, 2.05) is 22.9 Å². The van der Waals surface area contributed by atoms with Gasteiger partial charge in [-0.05, 0) is 30.3 Å². The SMILES string of the molecule is N=C(N)NN=Cc1cccn1-c1cc(Cl)cc(Cl)c1. The average molecular weight is 296 g/mol. The summed E-state index contributed by atoms with van der Waals surface area (Å²) in [5, 5.41) is 12.0. The van der Waals surface area contributed by atoms with Crippen LogP contribution in [0, 0.1) is 5.41 Å². The van der Waals surface area contributed by atoms with Crippen LogP contribution in [0.25, 0.3) is 5.69 Å². The number of guanidine groups is 1. The first-order valence-electron chi connectivity index (χ1n) is 5.33. The lowest BCUT2D eigenvalue weighted by molar-refractivity contribution is 0.992. The number of benzene rings is 1. The molecule has 7 heteroatoms. The van der Waals surface area contributed by atoms with Crippen LogP contribution in [0.5, 0.6) is 0 Å². The van der Waals surface area contributed by atoms with Gasteiger partial charge < -0.3 is 10.3 Å². The second-order valence-corrected chi connectivity index (χ2v) is 4.59. The van der Waals surface area contributed by atoms with Gasteiger partial charge in [0.1, 0.15) is 0 Å². The molecule has 0 bridgehead atoms. The van der Waals surface area contributed by atoms with E-state index >= 15 is 0 Å². The second kappa shape index (κ2) is 5.77. The maximum absolute atomic E-state index is 7.01. The van der Waals surface area contributed by atoms with E-state index in [-0.39, 0.29) is 5.96 Å². The summed E-state index contributed by atoms with van der Waals surface area (Å²) in [5.41, 5.74) is 9.11.